The van der Waals surface area contributed by atoms with E-state index >= 15 is 0 Å². The van der Waals surface area contributed by atoms with E-state index in [1.165, 1.54) is 5.70 Å². The zero-order chi connectivity index (χ0) is 12.3. The van der Waals surface area contributed by atoms with Gasteiger partial charge in [-0.05, 0) is 24.8 Å². The maximum Gasteiger partial charge on any atom is 0.246 e. The summed E-state index contributed by atoms with van der Waals surface area (Å²) >= 11 is 0. The summed E-state index contributed by atoms with van der Waals surface area (Å²) in [6, 6.07) is 0. The fourth-order valence-electron chi connectivity index (χ4n) is 1.85. The van der Waals surface area contributed by atoms with Crippen LogP contribution in [0.3, 0.4) is 0 Å². The van der Waals surface area contributed by atoms with Crippen LogP contribution in [0.15, 0.2) is 23.4 Å². The Bertz CT molecular complexity index is 340. The SMILES string of the molecule is CCN1CC(C(N)=O)=CC=C1CC(C)(C)C.Cl. The van der Waals surface area contributed by atoms with Gasteiger partial charge in [-0.3, -0.25) is 4.79 Å². The molecule has 3 nitrogen and oxygen atoms in total. The Labute approximate surface area is 110 Å². The highest BCUT2D eigenvalue weighted by Gasteiger charge is 2.21. The van der Waals surface area contributed by atoms with Crippen molar-refractivity contribution >= 4 is 18.3 Å². The Morgan fingerprint density at radius 1 is 1.41 bits per heavy atom. The Morgan fingerprint density at radius 2 is 2.00 bits per heavy atom. The van der Waals surface area contributed by atoms with Crippen LogP contribution < -0.4 is 5.73 Å². The van der Waals surface area contributed by atoms with Crippen LogP contribution in [0.2, 0.25) is 0 Å². The Hall–Kier alpha value is -0.960. The standard InChI is InChI=1S/C13H22N2O.ClH/c1-5-15-9-10(12(14)16)6-7-11(15)8-13(2,3)4;/h6-7H,5,8-9H2,1-4H3,(H2,14,16);1H. The van der Waals surface area contributed by atoms with Crippen molar-refractivity contribution in [3.05, 3.63) is 23.4 Å². The lowest BCUT2D eigenvalue weighted by atomic mass is 9.89. The van der Waals surface area contributed by atoms with Crippen LogP contribution in [-0.4, -0.2) is 23.9 Å². The van der Waals surface area contributed by atoms with Crippen LogP contribution in [0.4, 0.5) is 0 Å². The van der Waals surface area contributed by atoms with Crippen LogP contribution >= 0.6 is 12.4 Å². The maximum atomic E-state index is 11.1. The van der Waals surface area contributed by atoms with Gasteiger partial charge in [0, 0.05) is 24.4 Å². The number of amides is 1. The molecule has 0 radical (unpaired) electrons. The lowest BCUT2D eigenvalue weighted by Crippen LogP contribution is -2.33. The van der Waals surface area contributed by atoms with Gasteiger partial charge < -0.3 is 10.6 Å². The van der Waals surface area contributed by atoms with Gasteiger partial charge in [0.05, 0.1) is 0 Å². The summed E-state index contributed by atoms with van der Waals surface area (Å²) in [5.41, 5.74) is 7.54. The van der Waals surface area contributed by atoms with Crippen LogP contribution in [0, 0.1) is 5.41 Å². The highest BCUT2D eigenvalue weighted by atomic mass is 35.5. The molecule has 0 aromatic carbocycles. The molecule has 4 heteroatoms. The summed E-state index contributed by atoms with van der Waals surface area (Å²) in [4.78, 5) is 13.3. The number of carbonyl (C=O) groups excluding carboxylic acids is 1. The van der Waals surface area contributed by atoms with Gasteiger partial charge in [-0.2, -0.15) is 0 Å². The van der Waals surface area contributed by atoms with Crippen molar-refractivity contribution in [2.45, 2.75) is 34.1 Å². The van der Waals surface area contributed by atoms with Gasteiger partial charge in [0.1, 0.15) is 0 Å². The highest BCUT2D eigenvalue weighted by molar-refractivity contribution is 5.93. The third-order valence-electron chi connectivity index (χ3n) is 2.65. The molecule has 0 unspecified atom stereocenters. The molecule has 1 heterocycles. The first-order chi connectivity index (χ1) is 7.33. The Balaban J connectivity index is 0.00000256. The number of hydrogen-bond donors (Lipinski definition) is 1. The topological polar surface area (TPSA) is 46.3 Å². The highest BCUT2D eigenvalue weighted by Crippen LogP contribution is 2.28. The molecule has 17 heavy (non-hydrogen) atoms. The van der Waals surface area contributed by atoms with Crippen LogP contribution in [0.25, 0.3) is 0 Å². The molecule has 0 saturated carbocycles. The van der Waals surface area contributed by atoms with E-state index in [2.05, 4.69) is 32.6 Å². The predicted molar refractivity (Wildman–Crippen MR) is 73.9 cm³/mol. The normalized spacial score (nSPS) is 15.9. The van der Waals surface area contributed by atoms with E-state index in [9.17, 15) is 4.79 Å². The molecule has 0 spiro atoms. The molecule has 0 aliphatic carbocycles. The van der Waals surface area contributed by atoms with Gasteiger partial charge in [-0.1, -0.05) is 26.8 Å². The minimum absolute atomic E-state index is 0. The summed E-state index contributed by atoms with van der Waals surface area (Å²) in [6.45, 7) is 10.3. The molecule has 0 atom stereocenters. The monoisotopic (exact) mass is 258 g/mol. The van der Waals surface area contributed by atoms with Gasteiger partial charge >= 0.3 is 0 Å². The number of nitrogens with zero attached hydrogens (tertiary/aromatic N) is 1. The Morgan fingerprint density at radius 3 is 2.41 bits per heavy atom. The molecule has 1 rings (SSSR count). The van der Waals surface area contributed by atoms with E-state index in [1.807, 2.05) is 12.2 Å². The maximum absolute atomic E-state index is 11.1. The molecule has 1 aliphatic heterocycles. The molecule has 0 bridgehead atoms. The number of carbonyl (C=O) groups is 1. The fourth-order valence-corrected chi connectivity index (χ4v) is 1.85. The molecule has 1 amide bonds. The molecule has 0 aromatic heterocycles. The van der Waals surface area contributed by atoms with Crippen molar-refractivity contribution in [3.63, 3.8) is 0 Å². The van der Waals surface area contributed by atoms with Crippen LogP contribution in [0.5, 0.6) is 0 Å². The molecule has 0 fully saturated rings. The molecular weight excluding hydrogens is 236 g/mol. The quantitative estimate of drug-likeness (QED) is 0.845. The third-order valence-corrected chi connectivity index (χ3v) is 2.65. The summed E-state index contributed by atoms with van der Waals surface area (Å²) in [7, 11) is 0. The number of likely N-dealkylation sites (N-methyl/N-ethyl adjacent to an activating group) is 1. The van der Waals surface area contributed by atoms with Crippen LogP contribution in [-0.2, 0) is 4.79 Å². The molecule has 0 aromatic rings. The Kier molecular flexibility index (Phi) is 5.76. The average Bonchev–Trinajstić information content (AvgIpc) is 2.15. The second-order valence-electron chi connectivity index (χ2n) is 5.47. The predicted octanol–water partition coefficient (Wildman–Crippen LogP) is 2.48. The number of primary amides is 1. The van der Waals surface area contributed by atoms with E-state index < -0.39 is 0 Å². The largest absolute Gasteiger partial charge is 0.371 e. The van der Waals surface area contributed by atoms with E-state index in [0.29, 0.717) is 12.1 Å². The molecule has 98 valence electrons. The summed E-state index contributed by atoms with van der Waals surface area (Å²) in [5.74, 6) is -0.315. The number of halogens is 1. The van der Waals surface area contributed by atoms with E-state index in [4.69, 9.17) is 5.73 Å². The van der Waals surface area contributed by atoms with Crippen LogP contribution in [0.1, 0.15) is 34.1 Å². The number of rotatable bonds is 3. The smallest absolute Gasteiger partial charge is 0.246 e. The molecule has 2 N–H and O–H groups in total. The average molecular weight is 259 g/mol. The lowest BCUT2D eigenvalue weighted by molar-refractivity contribution is -0.114. The lowest BCUT2D eigenvalue weighted by Gasteiger charge is -2.33. The zero-order valence-electron chi connectivity index (χ0n) is 11.1. The van der Waals surface area contributed by atoms with Gasteiger partial charge in [-0.25, -0.2) is 0 Å². The third kappa shape index (κ3) is 4.82. The van der Waals surface area contributed by atoms with Crippen molar-refractivity contribution in [2.75, 3.05) is 13.1 Å². The number of nitrogens with two attached hydrogens (primary N) is 1. The summed E-state index contributed by atoms with van der Waals surface area (Å²) in [6.07, 6.45) is 4.90. The summed E-state index contributed by atoms with van der Waals surface area (Å²) in [5, 5.41) is 0. The second-order valence-corrected chi connectivity index (χ2v) is 5.47. The van der Waals surface area contributed by atoms with Gasteiger partial charge in [0.15, 0.2) is 0 Å². The zero-order valence-corrected chi connectivity index (χ0v) is 11.9. The minimum Gasteiger partial charge on any atom is -0.371 e. The van der Waals surface area contributed by atoms with Crippen molar-refractivity contribution in [3.8, 4) is 0 Å². The van der Waals surface area contributed by atoms with Crippen molar-refractivity contribution in [2.24, 2.45) is 11.1 Å². The van der Waals surface area contributed by atoms with Gasteiger partial charge in [-0.15, -0.1) is 12.4 Å². The van der Waals surface area contributed by atoms with E-state index in [-0.39, 0.29) is 23.7 Å². The van der Waals surface area contributed by atoms with Gasteiger partial charge in [0.25, 0.3) is 0 Å². The number of allylic oxidation sites excluding steroid dienone is 3. The van der Waals surface area contributed by atoms with E-state index in [1.54, 1.807) is 0 Å². The van der Waals surface area contributed by atoms with Crippen molar-refractivity contribution in [1.29, 1.82) is 0 Å². The van der Waals surface area contributed by atoms with Gasteiger partial charge in [0.2, 0.25) is 5.91 Å². The molecular formula is C13H23ClN2O. The van der Waals surface area contributed by atoms with Crippen molar-refractivity contribution in [1.82, 2.24) is 4.90 Å². The molecule has 0 saturated heterocycles. The minimum atomic E-state index is -0.315. The summed E-state index contributed by atoms with van der Waals surface area (Å²) < 4.78 is 0. The van der Waals surface area contributed by atoms with E-state index in [0.717, 1.165) is 13.0 Å². The second kappa shape index (κ2) is 6.10. The first kappa shape index (κ1) is 16.0. The first-order valence-corrected chi connectivity index (χ1v) is 5.78. The first-order valence-electron chi connectivity index (χ1n) is 5.78. The van der Waals surface area contributed by atoms with Crippen molar-refractivity contribution < 1.29 is 4.79 Å². The molecule has 1 aliphatic rings. The number of hydrogen-bond acceptors (Lipinski definition) is 2. The fraction of sp³-hybridized carbons (Fsp3) is 0.615.